The van der Waals surface area contributed by atoms with Crippen molar-refractivity contribution in [3.8, 4) is 6.07 Å². The zero-order valence-corrected chi connectivity index (χ0v) is 10.5. The van der Waals surface area contributed by atoms with Crippen molar-refractivity contribution in [3.05, 3.63) is 18.0 Å². The molecule has 4 heteroatoms. The normalized spacial score (nSPS) is 10.1. The lowest BCUT2D eigenvalue weighted by molar-refractivity contribution is 0.751. The third-order valence-electron chi connectivity index (χ3n) is 2.61. The first-order chi connectivity index (χ1) is 7.47. The van der Waals surface area contributed by atoms with Gasteiger partial charge in [-0.25, -0.2) is 4.98 Å². The van der Waals surface area contributed by atoms with Crippen LogP contribution in [0.3, 0.4) is 0 Å². The lowest BCUT2D eigenvalue weighted by atomic mass is 10.2. The Bertz CT molecular complexity index is 404. The summed E-state index contributed by atoms with van der Waals surface area (Å²) in [5, 5.41) is 8.84. The largest absolute Gasteiger partial charge is 0.376 e. The van der Waals surface area contributed by atoms with Crippen molar-refractivity contribution >= 4 is 11.4 Å². The second-order valence-corrected chi connectivity index (χ2v) is 4.27. The minimum absolute atomic E-state index is 0.397. The van der Waals surface area contributed by atoms with Gasteiger partial charge in [0.25, 0.3) is 0 Å². The van der Waals surface area contributed by atoms with E-state index in [1.54, 1.807) is 6.20 Å². The molecular formula is C12H18N4. The summed E-state index contributed by atoms with van der Waals surface area (Å²) in [5.41, 5.74) is 2.51. The van der Waals surface area contributed by atoms with E-state index in [1.807, 2.05) is 32.1 Å². The van der Waals surface area contributed by atoms with E-state index in [1.165, 1.54) is 0 Å². The average molecular weight is 218 g/mol. The molecule has 4 nitrogen and oxygen atoms in total. The summed E-state index contributed by atoms with van der Waals surface area (Å²) >= 11 is 0. The summed E-state index contributed by atoms with van der Waals surface area (Å²) in [6.07, 6.45) is 1.76. The fourth-order valence-corrected chi connectivity index (χ4v) is 1.41. The molecule has 0 aromatic carbocycles. The Morgan fingerprint density at radius 3 is 2.31 bits per heavy atom. The van der Waals surface area contributed by atoms with Crippen LogP contribution in [0.5, 0.6) is 0 Å². The minimum atomic E-state index is 0.397. The topological polar surface area (TPSA) is 43.2 Å². The average Bonchev–Trinajstić information content (AvgIpc) is 2.26. The van der Waals surface area contributed by atoms with Crippen molar-refractivity contribution < 1.29 is 0 Å². The van der Waals surface area contributed by atoms with Gasteiger partial charge in [-0.1, -0.05) is 0 Å². The Kier molecular flexibility index (Phi) is 3.73. The molecule has 0 spiro atoms. The smallest absolute Gasteiger partial charge is 0.142 e. The monoisotopic (exact) mass is 218 g/mol. The Morgan fingerprint density at radius 1 is 1.25 bits per heavy atom. The zero-order chi connectivity index (χ0) is 12.3. The number of hydrogen-bond donors (Lipinski definition) is 0. The molecule has 1 heterocycles. The van der Waals surface area contributed by atoms with Gasteiger partial charge in [0.05, 0.1) is 17.6 Å². The van der Waals surface area contributed by atoms with Crippen LogP contribution in [0.15, 0.2) is 12.3 Å². The molecule has 0 bridgehead atoms. The fourth-order valence-electron chi connectivity index (χ4n) is 1.41. The molecule has 0 aliphatic heterocycles. The molecule has 0 radical (unpaired) electrons. The van der Waals surface area contributed by atoms with Gasteiger partial charge in [0.2, 0.25) is 0 Å². The molecule has 16 heavy (non-hydrogen) atoms. The first kappa shape index (κ1) is 12.3. The molecule has 1 aromatic heterocycles. The van der Waals surface area contributed by atoms with Gasteiger partial charge in [0.15, 0.2) is 0 Å². The van der Waals surface area contributed by atoms with Crippen molar-refractivity contribution in [2.45, 2.75) is 19.9 Å². The van der Waals surface area contributed by atoms with Crippen LogP contribution in [0.4, 0.5) is 11.4 Å². The third kappa shape index (κ3) is 2.43. The number of nitriles is 1. The molecule has 0 saturated heterocycles. The van der Waals surface area contributed by atoms with E-state index in [0.717, 1.165) is 11.4 Å². The Balaban J connectivity index is 3.24. The minimum Gasteiger partial charge on any atom is -0.376 e. The van der Waals surface area contributed by atoms with Crippen molar-refractivity contribution in [1.82, 2.24) is 4.98 Å². The van der Waals surface area contributed by atoms with Gasteiger partial charge in [-0.15, -0.1) is 0 Å². The van der Waals surface area contributed by atoms with Crippen molar-refractivity contribution in [2.75, 3.05) is 30.9 Å². The number of aromatic nitrogens is 1. The predicted molar refractivity (Wildman–Crippen MR) is 66.8 cm³/mol. The van der Waals surface area contributed by atoms with Crippen LogP contribution in [0.1, 0.15) is 19.5 Å². The number of pyridine rings is 1. The van der Waals surface area contributed by atoms with Crippen LogP contribution in [0.2, 0.25) is 0 Å². The molecule has 1 aromatic rings. The maximum atomic E-state index is 8.84. The lowest BCUT2D eigenvalue weighted by Crippen LogP contribution is -2.28. The Labute approximate surface area is 97.1 Å². The molecule has 86 valence electrons. The lowest BCUT2D eigenvalue weighted by Gasteiger charge is -2.28. The van der Waals surface area contributed by atoms with Gasteiger partial charge in [-0.3, -0.25) is 0 Å². The zero-order valence-electron chi connectivity index (χ0n) is 10.5. The summed E-state index contributed by atoms with van der Waals surface area (Å²) in [5.74, 6) is 0. The Hall–Kier alpha value is -1.76. The highest BCUT2D eigenvalue weighted by Crippen LogP contribution is 2.28. The summed E-state index contributed by atoms with van der Waals surface area (Å²) in [7, 11) is 5.96. The van der Waals surface area contributed by atoms with Gasteiger partial charge < -0.3 is 9.80 Å². The molecule has 0 fully saturated rings. The highest BCUT2D eigenvalue weighted by Gasteiger charge is 2.13. The predicted octanol–water partition coefficient (Wildman–Crippen LogP) is 1.86. The van der Waals surface area contributed by atoms with E-state index in [-0.39, 0.29) is 0 Å². The molecule has 0 saturated carbocycles. The van der Waals surface area contributed by atoms with Gasteiger partial charge in [-0.05, 0) is 13.8 Å². The second-order valence-electron chi connectivity index (χ2n) is 4.27. The number of nitrogens with zero attached hydrogens (tertiary/aromatic N) is 4. The first-order valence-electron chi connectivity index (χ1n) is 5.27. The molecule has 0 N–H and O–H groups in total. The van der Waals surface area contributed by atoms with Gasteiger partial charge in [0, 0.05) is 33.3 Å². The summed E-state index contributed by atoms with van der Waals surface area (Å²) in [6, 6.07) is 4.27. The number of anilines is 2. The van der Waals surface area contributed by atoms with Crippen LogP contribution in [-0.4, -0.2) is 32.2 Å². The number of hydrogen-bond acceptors (Lipinski definition) is 4. The van der Waals surface area contributed by atoms with E-state index in [9.17, 15) is 0 Å². The molecular weight excluding hydrogens is 200 g/mol. The summed E-state index contributed by atoms with van der Waals surface area (Å²) < 4.78 is 0. The van der Waals surface area contributed by atoms with Crippen LogP contribution in [0, 0.1) is 11.3 Å². The molecule has 0 aliphatic carbocycles. The highest BCUT2D eigenvalue weighted by atomic mass is 15.2. The van der Waals surface area contributed by atoms with Gasteiger partial charge >= 0.3 is 0 Å². The van der Waals surface area contributed by atoms with E-state index < -0.39 is 0 Å². The molecule has 0 unspecified atom stereocenters. The third-order valence-corrected chi connectivity index (χ3v) is 2.61. The van der Waals surface area contributed by atoms with E-state index in [4.69, 9.17) is 5.26 Å². The fraction of sp³-hybridized carbons (Fsp3) is 0.500. The van der Waals surface area contributed by atoms with E-state index in [0.29, 0.717) is 11.7 Å². The molecule has 0 amide bonds. The SMILES string of the molecule is CC(C)N(C)c1cnc(C#N)cc1N(C)C. The molecule has 0 aliphatic rings. The van der Waals surface area contributed by atoms with E-state index >= 15 is 0 Å². The maximum Gasteiger partial charge on any atom is 0.142 e. The first-order valence-corrected chi connectivity index (χ1v) is 5.27. The summed E-state index contributed by atoms with van der Waals surface area (Å²) in [6.45, 7) is 4.25. The van der Waals surface area contributed by atoms with Gasteiger partial charge in [0.1, 0.15) is 11.8 Å². The molecule has 0 atom stereocenters. The maximum absolute atomic E-state index is 8.84. The Morgan fingerprint density at radius 2 is 1.88 bits per heavy atom. The summed E-state index contributed by atoms with van der Waals surface area (Å²) in [4.78, 5) is 8.25. The second kappa shape index (κ2) is 4.84. The highest BCUT2D eigenvalue weighted by molar-refractivity contribution is 5.71. The standard InChI is InChI=1S/C12H18N4/c1-9(2)16(5)12-8-14-10(7-13)6-11(12)15(3)4/h6,8-9H,1-5H3. The van der Waals surface area contributed by atoms with Gasteiger partial charge in [-0.2, -0.15) is 5.26 Å². The molecule has 1 rings (SSSR count). The van der Waals surface area contributed by atoms with Crippen LogP contribution in [-0.2, 0) is 0 Å². The van der Waals surface area contributed by atoms with Crippen LogP contribution < -0.4 is 9.80 Å². The van der Waals surface area contributed by atoms with Crippen molar-refractivity contribution in [1.29, 1.82) is 5.26 Å². The quantitative estimate of drug-likeness (QED) is 0.776. The van der Waals surface area contributed by atoms with Crippen molar-refractivity contribution in [3.63, 3.8) is 0 Å². The van der Waals surface area contributed by atoms with Crippen molar-refractivity contribution in [2.24, 2.45) is 0 Å². The van der Waals surface area contributed by atoms with Crippen LogP contribution >= 0.6 is 0 Å². The van der Waals surface area contributed by atoms with E-state index in [2.05, 4.69) is 29.8 Å². The number of rotatable bonds is 3. The van der Waals surface area contributed by atoms with Crippen LogP contribution in [0.25, 0.3) is 0 Å².